The van der Waals surface area contributed by atoms with E-state index in [0.29, 0.717) is 0 Å². The highest BCUT2D eigenvalue weighted by molar-refractivity contribution is 6.14. The average Bonchev–Trinajstić information content (AvgIpc) is 2.90. The summed E-state index contributed by atoms with van der Waals surface area (Å²) in [6.07, 6.45) is 7.21. The van der Waals surface area contributed by atoms with Crippen molar-refractivity contribution in [3.63, 3.8) is 0 Å². The maximum atomic E-state index is 7.59. The molecule has 7 rings (SSSR count). The zero-order valence-electron chi connectivity index (χ0n) is 18.8. The Balaban J connectivity index is 1.65. The molecule has 0 spiro atoms. The van der Waals surface area contributed by atoms with Crippen LogP contribution in [0.3, 0.4) is 0 Å². The third kappa shape index (κ3) is 2.49. The van der Waals surface area contributed by atoms with E-state index < -0.39 is 5.54 Å². The molecule has 0 aromatic heterocycles. The van der Waals surface area contributed by atoms with Crippen LogP contribution in [0.25, 0.3) is 38.0 Å². The van der Waals surface area contributed by atoms with Crippen molar-refractivity contribution in [2.45, 2.75) is 12.0 Å². The Labute approximate surface area is 198 Å². The fourth-order valence-electron chi connectivity index (χ4n) is 5.97. The molecule has 0 saturated heterocycles. The van der Waals surface area contributed by atoms with Crippen LogP contribution < -0.4 is 11.5 Å². The van der Waals surface area contributed by atoms with E-state index >= 15 is 0 Å². The van der Waals surface area contributed by atoms with Gasteiger partial charge >= 0.3 is 0 Å². The molecule has 0 fully saturated rings. The summed E-state index contributed by atoms with van der Waals surface area (Å²) in [5.74, 6) is 0. The van der Waals surface area contributed by atoms with Crippen molar-refractivity contribution < 1.29 is 0 Å². The monoisotopic (exact) mass is 436 g/mol. The standard InChI is InChI=1S/C32H24N2/c33-31-24-11-3-5-13-27(24)32(34,28-14-6-4-12-25(28)31)29-15-7-10-20-16-17-23-18-21-8-1-2-9-22(21)19-26(23)30(20)29/h1-11,13-19H,12,33-34H2. The van der Waals surface area contributed by atoms with E-state index in [1.807, 2.05) is 6.07 Å². The predicted molar refractivity (Wildman–Crippen MR) is 143 cm³/mol. The lowest BCUT2D eigenvalue weighted by Gasteiger charge is -2.41. The minimum Gasteiger partial charge on any atom is -0.398 e. The van der Waals surface area contributed by atoms with Crippen molar-refractivity contribution in [1.82, 2.24) is 0 Å². The van der Waals surface area contributed by atoms with E-state index in [4.69, 9.17) is 11.5 Å². The van der Waals surface area contributed by atoms with E-state index in [1.165, 1.54) is 32.3 Å². The molecule has 2 aliphatic carbocycles. The van der Waals surface area contributed by atoms with Gasteiger partial charge in [0.1, 0.15) is 0 Å². The molecule has 0 bridgehead atoms. The Bertz CT molecular complexity index is 1750. The second-order valence-corrected chi connectivity index (χ2v) is 9.35. The van der Waals surface area contributed by atoms with Gasteiger partial charge in [-0.15, -0.1) is 0 Å². The Morgan fingerprint density at radius 3 is 2.26 bits per heavy atom. The Morgan fingerprint density at radius 1 is 0.676 bits per heavy atom. The molecule has 0 saturated carbocycles. The number of hydrogen-bond donors (Lipinski definition) is 2. The molecule has 162 valence electrons. The van der Waals surface area contributed by atoms with Gasteiger partial charge in [-0.1, -0.05) is 97.1 Å². The van der Waals surface area contributed by atoms with Gasteiger partial charge in [0.05, 0.1) is 5.54 Å². The number of nitrogens with two attached hydrogens (primary N) is 2. The van der Waals surface area contributed by atoms with Crippen LogP contribution in [0.5, 0.6) is 0 Å². The molecule has 0 radical (unpaired) electrons. The second-order valence-electron chi connectivity index (χ2n) is 9.35. The van der Waals surface area contributed by atoms with Gasteiger partial charge in [-0.25, -0.2) is 0 Å². The summed E-state index contributed by atoms with van der Waals surface area (Å²) >= 11 is 0. The molecule has 34 heavy (non-hydrogen) atoms. The molecule has 5 aromatic carbocycles. The third-order valence-electron chi connectivity index (χ3n) is 7.59. The second kappa shape index (κ2) is 6.93. The molecular weight excluding hydrogens is 412 g/mol. The first kappa shape index (κ1) is 19.3. The largest absolute Gasteiger partial charge is 0.398 e. The van der Waals surface area contributed by atoms with Gasteiger partial charge < -0.3 is 11.5 Å². The Kier molecular flexibility index (Phi) is 3.94. The zero-order valence-corrected chi connectivity index (χ0v) is 18.8. The molecule has 5 aromatic rings. The molecule has 1 unspecified atom stereocenters. The normalized spacial score (nSPS) is 19.4. The van der Waals surface area contributed by atoms with Crippen molar-refractivity contribution in [3.8, 4) is 0 Å². The first-order valence-corrected chi connectivity index (χ1v) is 11.8. The van der Waals surface area contributed by atoms with E-state index in [9.17, 15) is 0 Å². The first-order chi connectivity index (χ1) is 16.7. The van der Waals surface area contributed by atoms with Crippen molar-refractivity contribution >= 4 is 38.0 Å². The first-order valence-electron chi connectivity index (χ1n) is 11.8. The predicted octanol–water partition coefficient (Wildman–Crippen LogP) is 6.92. The molecule has 2 heteroatoms. The summed E-state index contributed by atoms with van der Waals surface area (Å²) in [5.41, 5.74) is 19.8. The van der Waals surface area contributed by atoms with Crippen LogP contribution in [-0.2, 0) is 5.54 Å². The van der Waals surface area contributed by atoms with Gasteiger partial charge in [-0.05, 0) is 73.1 Å². The summed E-state index contributed by atoms with van der Waals surface area (Å²) in [7, 11) is 0. The minimum absolute atomic E-state index is 0.793. The number of allylic oxidation sites excluding steroid dienone is 3. The maximum absolute atomic E-state index is 7.59. The molecule has 2 aliphatic rings. The van der Waals surface area contributed by atoms with Crippen molar-refractivity contribution in [2.24, 2.45) is 11.5 Å². The summed E-state index contributed by atoms with van der Waals surface area (Å²) in [5, 5.41) is 7.33. The number of hydrogen-bond acceptors (Lipinski definition) is 2. The van der Waals surface area contributed by atoms with Crippen molar-refractivity contribution in [2.75, 3.05) is 0 Å². The van der Waals surface area contributed by atoms with E-state index in [2.05, 4.69) is 103 Å². The average molecular weight is 437 g/mol. The van der Waals surface area contributed by atoms with Gasteiger partial charge in [0.25, 0.3) is 0 Å². The van der Waals surface area contributed by atoms with Gasteiger partial charge in [0, 0.05) is 11.3 Å². The van der Waals surface area contributed by atoms with Gasteiger partial charge in [0.2, 0.25) is 0 Å². The summed E-state index contributed by atoms with van der Waals surface area (Å²) < 4.78 is 0. The van der Waals surface area contributed by atoms with Crippen LogP contribution in [0.1, 0.15) is 23.1 Å². The molecule has 0 amide bonds. The zero-order chi connectivity index (χ0) is 22.9. The van der Waals surface area contributed by atoms with Crippen molar-refractivity contribution in [1.29, 1.82) is 0 Å². The highest BCUT2D eigenvalue weighted by atomic mass is 14.8. The van der Waals surface area contributed by atoms with Gasteiger partial charge in [0.15, 0.2) is 0 Å². The Morgan fingerprint density at radius 2 is 1.38 bits per heavy atom. The summed E-state index contributed by atoms with van der Waals surface area (Å²) in [6, 6.07) is 32.4. The molecule has 4 N–H and O–H groups in total. The number of fused-ring (bicyclic) bond motifs is 6. The third-order valence-corrected chi connectivity index (χ3v) is 7.59. The molecular formula is C32H24N2. The fourth-order valence-corrected chi connectivity index (χ4v) is 5.97. The van der Waals surface area contributed by atoms with Crippen molar-refractivity contribution in [3.05, 3.63) is 137 Å². The Hall–Kier alpha value is -4.14. The van der Waals surface area contributed by atoms with E-state index in [-0.39, 0.29) is 0 Å². The number of benzene rings is 5. The van der Waals surface area contributed by atoms with Crippen LogP contribution in [0.4, 0.5) is 0 Å². The topological polar surface area (TPSA) is 52.0 Å². The minimum atomic E-state index is -0.807. The van der Waals surface area contributed by atoms with Crippen LogP contribution in [0.2, 0.25) is 0 Å². The molecule has 0 heterocycles. The lowest BCUT2D eigenvalue weighted by Crippen LogP contribution is -2.44. The summed E-state index contributed by atoms with van der Waals surface area (Å²) in [6.45, 7) is 0. The molecule has 2 nitrogen and oxygen atoms in total. The van der Waals surface area contributed by atoms with Crippen LogP contribution in [-0.4, -0.2) is 0 Å². The highest BCUT2D eigenvalue weighted by Crippen LogP contribution is 2.50. The van der Waals surface area contributed by atoms with Crippen LogP contribution in [0.15, 0.2) is 120 Å². The van der Waals surface area contributed by atoms with Gasteiger partial charge in [-0.2, -0.15) is 0 Å². The fraction of sp³-hybridized carbons (Fsp3) is 0.0625. The quantitative estimate of drug-likeness (QED) is 0.221. The molecule has 1 atom stereocenters. The summed E-state index contributed by atoms with van der Waals surface area (Å²) in [4.78, 5) is 0. The smallest absolute Gasteiger partial charge is 0.0939 e. The number of rotatable bonds is 1. The molecule has 0 aliphatic heterocycles. The van der Waals surface area contributed by atoms with E-state index in [1.54, 1.807) is 0 Å². The van der Waals surface area contributed by atoms with E-state index in [0.717, 1.165) is 40.0 Å². The SMILES string of the molecule is NC1=C2CC=CC=C2C(N)(c2cccc3ccc4cc5ccccc5cc4c23)c2ccccc21. The lowest BCUT2D eigenvalue weighted by atomic mass is 9.66. The maximum Gasteiger partial charge on any atom is 0.0939 e. The van der Waals surface area contributed by atoms with Crippen LogP contribution in [0, 0.1) is 0 Å². The lowest BCUT2D eigenvalue weighted by molar-refractivity contribution is 0.634. The highest BCUT2D eigenvalue weighted by Gasteiger charge is 2.43. The van der Waals surface area contributed by atoms with Gasteiger partial charge in [-0.3, -0.25) is 0 Å². The van der Waals surface area contributed by atoms with Crippen LogP contribution >= 0.6 is 0 Å².